The van der Waals surface area contributed by atoms with Crippen LogP contribution in [-0.2, 0) is 16.1 Å². The summed E-state index contributed by atoms with van der Waals surface area (Å²) in [6, 6.07) is 8.15. The predicted molar refractivity (Wildman–Crippen MR) is 83.3 cm³/mol. The fourth-order valence-corrected chi connectivity index (χ4v) is 3.33. The number of carbonyl (C=O) groups excluding carboxylic acids is 1. The van der Waals surface area contributed by atoms with E-state index >= 15 is 0 Å². The van der Waals surface area contributed by atoms with Crippen LogP contribution < -0.4 is 5.32 Å². The van der Waals surface area contributed by atoms with E-state index in [0.717, 1.165) is 27.1 Å². The van der Waals surface area contributed by atoms with Crippen LogP contribution in [0.2, 0.25) is 0 Å². The molecule has 3 aromatic rings. The largest absolute Gasteiger partial charge is 0.367 e. The zero-order valence-corrected chi connectivity index (χ0v) is 11.9. The molecule has 3 heterocycles. The van der Waals surface area contributed by atoms with E-state index in [2.05, 4.69) is 21.7 Å². The quantitative estimate of drug-likeness (QED) is 0.748. The lowest BCUT2D eigenvalue weighted by Gasteiger charge is -2.09. The lowest BCUT2D eigenvalue weighted by Crippen LogP contribution is -2.14. The van der Waals surface area contributed by atoms with Crippen molar-refractivity contribution in [3.63, 3.8) is 0 Å². The Morgan fingerprint density at radius 2 is 2.14 bits per heavy atom. The first kappa shape index (κ1) is 12.5. The van der Waals surface area contributed by atoms with Gasteiger partial charge in [0.05, 0.1) is 11.3 Å². The SMILES string of the molecule is O=C1COCc2ccc(-c3cncc4sccc34)cc2N1. The molecule has 0 spiro atoms. The molecule has 1 N–H and O–H groups in total. The zero-order chi connectivity index (χ0) is 14.2. The second-order valence-corrected chi connectivity index (χ2v) is 5.88. The van der Waals surface area contributed by atoms with Crippen molar-refractivity contribution < 1.29 is 9.53 Å². The summed E-state index contributed by atoms with van der Waals surface area (Å²) in [6.07, 6.45) is 3.74. The number of hydrogen-bond acceptors (Lipinski definition) is 4. The molecule has 0 saturated carbocycles. The lowest BCUT2D eigenvalue weighted by molar-refractivity contribution is -0.120. The number of thiophene rings is 1. The number of nitrogens with zero attached hydrogens (tertiary/aromatic N) is 1. The van der Waals surface area contributed by atoms with Gasteiger partial charge in [0.1, 0.15) is 6.61 Å². The Kier molecular flexibility index (Phi) is 2.94. The summed E-state index contributed by atoms with van der Waals surface area (Å²) in [4.78, 5) is 15.9. The third kappa shape index (κ3) is 2.20. The Morgan fingerprint density at radius 1 is 1.19 bits per heavy atom. The topological polar surface area (TPSA) is 51.2 Å². The Morgan fingerprint density at radius 3 is 3.10 bits per heavy atom. The second kappa shape index (κ2) is 4.95. The van der Waals surface area contributed by atoms with Crippen molar-refractivity contribution >= 4 is 33.0 Å². The van der Waals surface area contributed by atoms with Crippen LogP contribution in [0.4, 0.5) is 5.69 Å². The number of carbonyl (C=O) groups is 1. The van der Waals surface area contributed by atoms with Crippen LogP contribution in [-0.4, -0.2) is 17.5 Å². The van der Waals surface area contributed by atoms with Crippen molar-refractivity contribution in [3.8, 4) is 11.1 Å². The predicted octanol–water partition coefficient (Wildman–Crippen LogP) is 3.43. The molecule has 0 radical (unpaired) electrons. The highest BCUT2D eigenvalue weighted by molar-refractivity contribution is 7.17. The Labute approximate surface area is 125 Å². The zero-order valence-electron chi connectivity index (χ0n) is 11.1. The van der Waals surface area contributed by atoms with Crippen LogP contribution in [0.3, 0.4) is 0 Å². The van der Waals surface area contributed by atoms with Crippen molar-refractivity contribution in [2.24, 2.45) is 0 Å². The number of benzene rings is 1. The Bertz CT molecular complexity index is 841. The summed E-state index contributed by atoms with van der Waals surface area (Å²) < 4.78 is 6.48. The lowest BCUT2D eigenvalue weighted by atomic mass is 10.0. The first-order valence-corrected chi connectivity index (χ1v) is 7.51. The van der Waals surface area contributed by atoms with E-state index in [1.165, 1.54) is 5.39 Å². The van der Waals surface area contributed by atoms with Gasteiger partial charge in [-0.1, -0.05) is 12.1 Å². The van der Waals surface area contributed by atoms with E-state index in [-0.39, 0.29) is 12.5 Å². The van der Waals surface area contributed by atoms with E-state index in [1.54, 1.807) is 11.3 Å². The Hall–Kier alpha value is -2.24. The number of hydrogen-bond donors (Lipinski definition) is 1. The fourth-order valence-electron chi connectivity index (χ4n) is 2.55. The first-order valence-electron chi connectivity index (χ1n) is 6.63. The van der Waals surface area contributed by atoms with Crippen LogP contribution in [0.25, 0.3) is 21.2 Å². The van der Waals surface area contributed by atoms with E-state index in [4.69, 9.17) is 4.74 Å². The van der Waals surface area contributed by atoms with Crippen molar-refractivity contribution in [2.75, 3.05) is 11.9 Å². The summed E-state index contributed by atoms with van der Waals surface area (Å²) in [5, 5.41) is 6.14. The van der Waals surface area contributed by atoms with E-state index in [9.17, 15) is 4.79 Å². The molecule has 5 heteroatoms. The molecule has 0 atom stereocenters. The number of amides is 1. The molecule has 2 aromatic heterocycles. The maximum absolute atomic E-state index is 11.6. The molecule has 0 aliphatic carbocycles. The molecular formula is C16H12N2O2S. The highest BCUT2D eigenvalue weighted by atomic mass is 32.1. The summed E-state index contributed by atoms with van der Waals surface area (Å²) >= 11 is 1.68. The standard InChI is InChI=1S/C16H12N2O2S/c19-16-9-20-8-11-2-1-10(5-14(11)18-16)13-6-17-7-15-12(13)3-4-21-15/h1-7H,8-9H2,(H,18,19). The van der Waals surface area contributed by atoms with E-state index in [1.807, 2.05) is 30.6 Å². The minimum atomic E-state index is -0.113. The molecule has 0 saturated heterocycles. The van der Waals surface area contributed by atoms with Gasteiger partial charge in [-0.2, -0.15) is 0 Å². The molecule has 4 nitrogen and oxygen atoms in total. The van der Waals surface area contributed by atoms with Gasteiger partial charge in [0.25, 0.3) is 0 Å². The molecule has 1 aliphatic rings. The molecule has 4 rings (SSSR count). The minimum absolute atomic E-state index is 0.103. The van der Waals surface area contributed by atoms with Gasteiger partial charge in [-0.25, -0.2) is 0 Å². The number of anilines is 1. The molecule has 0 unspecified atom stereocenters. The van der Waals surface area contributed by atoms with Gasteiger partial charge >= 0.3 is 0 Å². The molecule has 0 bridgehead atoms. The summed E-state index contributed by atoms with van der Waals surface area (Å²) in [5.74, 6) is -0.113. The van der Waals surface area contributed by atoms with Crippen LogP contribution >= 0.6 is 11.3 Å². The maximum Gasteiger partial charge on any atom is 0.250 e. The van der Waals surface area contributed by atoms with Crippen LogP contribution in [0.5, 0.6) is 0 Å². The minimum Gasteiger partial charge on any atom is -0.367 e. The van der Waals surface area contributed by atoms with Gasteiger partial charge in [0.15, 0.2) is 0 Å². The third-order valence-electron chi connectivity index (χ3n) is 3.57. The number of nitrogens with one attached hydrogen (secondary N) is 1. The monoisotopic (exact) mass is 296 g/mol. The van der Waals surface area contributed by atoms with E-state index < -0.39 is 0 Å². The average molecular weight is 296 g/mol. The highest BCUT2D eigenvalue weighted by Gasteiger charge is 2.14. The first-order chi connectivity index (χ1) is 10.3. The van der Waals surface area contributed by atoms with Gasteiger partial charge < -0.3 is 10.1 Å². The molecule has 1 aromatic carbocycles. The fraction of sp³-hybridized carbons (Fsp3) is 0.125. The maximum atomic E-state index is 11.6. The number of fused-ring (bicyclic) bond motifs is 2. The number of pyridine rings is 1. The number of aromatic nitrogens is 1. The number of ether oxygens (including phenoxy) is 1. The second-order valence-electron chi connectivity index (χ2n) is 4.93. The molecule has 104 valence electrons. The smallest absolute Gasteiger partial charge is 0.250 e. The molecule has 1 aliphatic heterocycles. The number of rotatable bonds is 1. The van der Waals surface area contributed by atoms with Gasteiger partial charge in [-0.05, 0) is 23.1 Å². The van der Waals surface area contributed by atoms with Gasteiger partial charge in [0.2, 0.25) is 5.91 Å². The van der Waals surface area contributed by atoms with Crippen molar-refractivity contribution in [2.45, 2.75) is 6.61 Å². The van der Waals surface area contributed by atoms with Gasteiger partial charge in [-0.15, -0.1) is 11.3 Å². The highest BCUT2D eigenvalue weighted by Crippen LogP contribution is 2.33. The normalized spacial score (nSPS) is 14.6. The van der Waals surface area contributed by atoms with Crippen molar-refractivity contribution in [3.05, 3.63) is 47.6 Å². The van der Waals surface area contributed by atoms with Crippen LogP contribution in [0, 0.1) is 0 Å². The van der Waals surface area contributed by atoms with Crippen molar-refractivity contribution in [1.82, 2.24) is 4.98 Å². The molecular weight excluding hydrogens is 284 g/mol. The Balaban J connectivity index is 1.86. The molecule has 0 fully saturated rings. The summed E-state index contributed by atoms with van der Waals surface area (Å²) in [6.45, 7) is 0.556. The van der Waals surface area contributed by atoms with Gasteiger partial charge in [0, 0.05) is 34.6 Å². The third-order valence-corrected chi connectivity index (χ3v) is 4.42. The van der Waals surface area contributed by atoms with Crippen LogP contribution in [0.1, 0.15) is 5.56 Å². The van der Waals surface area contributed by atoms with Crippen molar-refractivity contribution in [1.29, 1.82) is 0 Å². The summed E-state index contributed by atoms with van der Waals surface area (Å²) in [5.41, 5.74) is 3.95. The van der Waals surface area contributed by atoms with Gasteiger partial charge in [-0.3, -0.25) is 9.78 Å². The van der Waals surface area contributed by atoms with E-state index in [0.29, 0.717) is 6.61 Å². The average Bonchev–Trinajstić information content (AvgIpc) is 2.89. The molecule has 21 heavy (non-hydrogen) atoms. The van der Waals surface area contributed by atoms with Crippen LogP contribution in [0.15, 0.2) is 42.0 Å². The summed E-state index contributed by atoms with van der Waals surface area (Å²) in [7, 11) is 0. The molecule has 1 amide bonds.